The average molecular weight is 219 g/mol. The molecule has 0 aromatic carbocycles. The Morgan fingerprint density at radius 3 is 2.81 bits per heavy atom. The second-order valence-corrected chi connectivity index (χ2v) is 3.69. The zero-order valence-electron chi connectivity index (χ0n) is 9.00. The Morgan fingerprint density at radius 2 is 2.12 bits per heavy atom. The number of hydrogen-bond donors (Lipinski definition) is 1. The second-order valence-electron chi connectivity index (χ2n) is 3.69. The van der Waals surface area contributed by atoms with Crippen molar-refractivity contribution in [1.82, 2.24) is 15.1 Å². The molecule has 0 spiro atoms. The van der Waals surface area contributed by atoms with Crippen molar-refractivity contribution < 1.29 is 9.63 Å². The molecule has 0 amide bonds. The molecule has 16 heavy (non-hydrogen) atoms. The van der Waals surface area contributed by atoms with Gasteiger partial charge in [-0.2, -0.15) is 4.98 Å². The molecule has 1 N–H and O–H groups in total. The van der Waals surface area contributed by atoms with E-state index in [-0.39, 0.29) is 0 Å². The lowest BCUT2D eigenvalue weighted by molar-refractivity contribution is 0.181. The van der Waals surface area contributed by atoms with Crippen molar-refractivity contribution in [2.24, 2.45) is 0 Å². The van der Waals surface area contributed by atoms with Crippen LogP contribution in [0.4, 0.5) is 0 Å². The van der Waals surface area contributed by atoms with E-state index in [1.165, 1.54) is 0 Å². The molecular formula is C11H13N3O2. The maximum atomic E-state index is 9.17. The highest BCUT2D eigenvalue weighted by Gasteiger charge is 2.09. The number of aliphatic hydroxyl groups excluding tert-OH is 1. The summed E-state index contributed by atoms with van der Waals surface area (Å²) in [5.74, 6) is 1.10. The van der Waals surface area contributed by atoms with Crippen LogP contribution in [-0.2, 0) is 12.8 Å². The fourth-order valence-electron chi connectivity index (χ4n) is 1.38. The van der Waals surface area contributed by atoms with Gasteiger partial charge in [0, 0.05) is 18.8 Å². The maximum absolute atomic E-state index is 9.17. The van der Waals surface area contributed by atoms with Gasteiger partial charge >= 0.3 is 0 Å². The van der Waals surface area contributed by atoms with Crippen molar-refractivity contribution in [3.8, 4) is 0 Å². The zero-order chi connectivity index (χ0) is 11.4. The standard InChI is InChI=1S/C11H13N3O2/c1-8(15)6-11-13-10(14-16-11)7-9-2-4-12-5-3-9/h2-5,8,15H,6-7H2,1H3. The van der Waals surface area contributed by atoms with Crippen molar-refractivity contribution in [2.75, 3.05) is 0 Å². The van der Waals surface area contributed by atoms with Gasteiger partial charge in [0.25, 0.3) is 0 Å². The fourth-order valence-corrected chi connectivity index (χ4v) is 1.38. The van der Waals surface area contributed by atoms with Crippen LogP contribution in [0.15, 0.2) is 29.0 Å². The van der Waals surface area contributed by atoms with Gasteiger partial charge in [0.15, 0.2) is 5.82 Å². The summed E-state index contributed by atoms with van der Waals surface area (Å²) in [6, 6.07) is 3.81. The van der Waals surface area contributed by atoms with Crippen LogP contribution >= 0.6 is 0 Å². The van der Waals surface area contributed by atoms with E-state index in [1.807, 2.05) is 12.1 Å². The van der Waals surface area contributed by atoms with Gasteiger partial charge in [-0.3, -0.25) is 4.98 Å². The molecule has 84 valence electrons. The first-order chi connectivity index (χ1) is 7.74. The minimum atomic E-state index is -0.464. The van der Waals surface area contributed by atoms with Crippen LogP contribution in [0.3, 0.4) is 0 Å². The largest absolute Gasteiger partial charge is 0.393 e. The van der Waals surface area contributed by atoms with Crippen LogP contribution in [0.1, 0.15) is 24.2 Å². The Hall–Kier alpha value is -1.75. The first-order valence-corrected chi connectivity index (χ1v) is 5.12. The van der Waals surface area contributed by atoms with E-state index in [9.17, 15) is 0 Å². The molecule has 0 saturated carbocycles. The number of rotatable bonds is 4. The summed E-state index contributed by atoms with van der Waals surface area (Å²) in [4.78, 5) is 8.12. The third-order valence-electron chi connectivity index (χ3n) is 2.09. The third kappa shape index (κ3) is 2.87. The Labute approximate surface area is 93.1 Å². The van der Waals surface area contributed by atoms with Gasteiger partial charge in [0.05, 0.1) is 12.5 Å². The second kappa shape index (κ2) is 4.85. The van der Waals surface area contributed by atoms with Crippen LogP contribution in [0.2, 0.25) is 0 Å². The average Bonchev–Trinajstić information content (AvgIpc) is 2.66. The number of pyridine rings is 1. The van der Waals surface area contributed by atoms with Crippen molar-refractivity contribution >= 4 is 0 Å². The molecule has 0 saturated heterocycles. The molecule has 0 bridgehead atoms. The molecule has 2 aromatic rings. The molecule has 2 rings (SSSR count). The van der Waals surface area contributed by atoms with Gasteiger partial charge in [-0.25, -0.2) is 0 Å². The molecule has 1 unspecified atom stereocenters. The van der Waals surface area contributed by atoms with Crippen molar-refractivity contribution in [1.29, 1.82) is 0 Å². The summed E-state index contributed by atoms with van der Waals surface area (Å²) in [6.45, 7) is 1.69. The van der Waals surface area contributed by atoms with Crippen LogP contribution in [0.25, 0.3) is 0 Å². The van der Waals surface area contributed by atoms with Crippen LogP contribution in [-0.4, -0.2) is 26.3 Å². The molecule has 5 nitrogen and oxygen atoms in total. The molecule has 1 atom stereocenters. The quantitative estimate of drug-likeness (QED) is 0.829. The smallest absolute Gasteiger partial charge is 0.229 e. The molecule has 0 aliphatic rings. The fraction of sp³-hybridized carbons (Fsp3) is 0.364. The Morgan fingerprint density at radius 1 is 1.38 bits per heavy atom. The summed E-state index contributed by atoms with van der Waals surface area (Å²) in [5.41, 5.74) is 1.08. The van der Waals surface area contributed by atoms with E-state index >= 15 is 0 Å². The minimum absolute atomic E-state index is 0.392. The van der Waals surface area contributed by atoms with Gasteiger partial charge in [0.2, 0.25) is 5.89 Å². The molecule has 2 aromatic heterocycles. The third-order valence-corrected chi connectivity index (χ3v) is 2.09. The lowest BCUT2D eigenvalue weighted by Crippen LogP contribution is -2.04. The normalized spacial score (nSPS) is 12.6. The molecule has 0 radical (unpaired) electrons. The highest BCUT2D eigenvalue weighted by atomic mass is 16.5. The number of hydrogen-bond acceptors (Lipinski definition) is 5. The number of nitrogens with zero attached hydrogens (tertiary/aromatic N) is 3. The highest BCUT2D eigenvalue weighted by Crippen LogP contribution is 2.06. The van der Waals surface area contributed by atoms with E-state index in [2.05, 4.69) is 15.1 Å². The van der Waals surface area contributed by atoms with E-state index in [0.29, 0.717) is 24.6 Å². The monoisotopic (exact) mass is 219 g/mol. The lowest BCUT2D eigenvalue weighted by atomic mass is 10.2. The van der Waals surface area contributed by atoms with E-state index in [4.69, 9.17) is 9.63 Å². The van der Waals surface area contributed by atoms with Gasteiger partial charge < -0.3 is 9.63 Å². The molecule has 0 aliphatic heterocycles. The van der Waals surface area contributed by atoms with E-state index in [0.717, 1.165) is 5.56 Å². The molecule has 0 aliphatic carbocycles. The van der Waals surface area contributed by atoms with Crippen molar-refractivity contribution in [2.45, 2.75) is 25.9 Å². The van der Waals surface area contributed by atoms with Gasteiger partial charge in [-0.15, -0.1) is 0 Å². The Kier molecular flexibility index (Phi) is 3.26. The topological polar surface area (TPSA) is 72.0 Å². The Balaban J connectivity index is 2.03. The van der Waals surface area contributed by atoms with Crippen LogP contribution in [0.5, 0.6) is 0 Å². The number of aromatic nitrogens is 3. The molecule has 5 heteroatoms. The Bertz CT molecular complexity index is 440. The first kappa shape index (κ1) is 10.8. The predicted molar refractivity (Wildman–Crippen MR) is 56.7 cm³/mol. The van der Waals surface area contributed by atoms with Crippen molar-refractivity contribution in [3.05, 3.63) is 41.8 Å². The van der Waals surface area contributed by atoms with Gasteiger partial charge in [-0.1, -0.05) is 5.16 Å². The SMILES string of the molecule is CC(O)Cc1nc(Cc2ccncc2)no1. The van der Waals surface area contributed by atoms with Crippen molar-refractivity contribution in [3.63, 3.8) is 0 Å². The predicted octanol–water partition coefficient (Wildman–Crippen LogP) is 0.979. The van der Waals surface area contributed by atoms with Crippen LogP contribution < -0.4 is 0 Å². The van der Waals surface area contributed by atoms with Crippen LogP contribution in [0, 0.1) is 0 Å². The molecular weight excluding hydrogens is 206 g/mol. The molecule has 0 fully saturated rings. The first-order valence-electron chi connectivity index (χ1n) is 5.12. The summed E-state index contributed by atoms with van der Waals surface area (Å²) >= 11 is 0. The summed E-state index contributed by atoms with van der Waals surface area (Å²) in [6.07, 6.45) is 4.00. The molecule has 2 heterocycles. The van der Waals surface area contributed by atoms with Gasteiger partial charge in [0.1, 0.15) is 0 Å². The maximum Gasteiger partial charge on any atom is 0.229 e. The zero-order valence-corrected chi connectivity index (χ0v) is 9.00. The van der Waals surface area contributed by atoms with E-state index < -0.39 is 6.10 Å². The summed E-state index contributed by atoms with van der Waals surface area (Å²) in [5, 5.41) is 13.0. The van der Waals surface area contributed by atoms with Gasteiger partial charge in [-0.05, 0) is 24.6 Å². The minimum Gasteiger partial charge on any atom is -0.393 e. The highest BCUT2D eigenvalue weighted by molar-refractivity contribution is 5.14. The van der Waals surface area contributed by atoms with E-state index in [1.54, 1.807) is 19.3 Å². The summed E-state index contributed by atoms with van der Waals surface area (Å²) < 4.78 is 5.01. The lowest BCUT2D eigenvalue weighted by Gasteiger charge is -1.96. The summed E-state index contributed by atoms with van der Waals surface area (Å²) in [7, 11) is 0. The number of aliphatic hydroxyl groups is 1.